The van der Waals surface area contributed by atoms with E-state index in [1.807, 2.05) is 0 Å². The summed E-state index contributed by atoms with van der Waals surface area (Å²) in [5.74, 6) is 0.970. The van der Waals surface area contributed by atoms with E-state index < -0.39 is 0 Å². The number of fused-ring (bicyclic) bond motifs is 1. The molecule has 0 unspecified atom stereocenters. The van der Waals surface area contributed by atoms with Gasteiger partial charge in [0.1, 0.15) is 0 Å². The zero-order chi connectivity index (χ0) is 16.7. The molecule has 0 spiro atoms. The van der Waals surface area contributed by atoms with Gasteiger partial charge in [-0.3, -0.25) is 0 Å². The van der Waals surface area contributed by atoms with E-state index in [-0.39, 0.29) is 10.6 Å². The standard InChI is InChI=1S/C18H17Cl2N3/c1-9(2)12-6-5-10(3)15-13(8-12)11(4)7-14(15)16-21-17(19)23-18(20)22-16/h5-9H,1-4H3. The average molecular weight is 346 g/mol. The van der Waals surface area contributed by atoms with Gasteiger partial charge >= 0.3 is 0 Å². The fraction of sp³-hybridized carbons (Fsp3) is 0.278. The lowest BCUT2D eigenvalue weighted by Gasteiger charge is -2.06. The second kappa shape index (κ2) is 6.06. The van der Waals surface area contributed by atoms with E-state index in [1.165, 1.54) is 22.3 Å². The third kappa shape index (κ3) is 3.04. The van der Waals surface area contributed by atoms with Crippen LogP contribution in [0.5, 0.6) is 0 Å². The molecule has 0 saturated heterocycles. The van der Waals surface area contributed by atoms with Crippen molar-refractivity contribution < 1.29 is 0 Å². The Bertz CT molecular complexity index is 839. The third-order valence-corrected chi connectivity index (χ3v) is 4.38. The van der Waals surface area contributed by atoms with Crippen molar-refractivity contribution >= 4 is 23.2 Å². The van der Waals surface area contributed by atoms with Gasteiger partial charge in [-0.05, 0) is 76.9 Å². The van der Waals surface area contributed by atoms with Crippen LogP contribution in [0.1, 0.15) is 36.5 Å². The van der Waals surface area contributed by atoms with Gasteiger partial charge < -0.3 is 0 Å². The van der Waals surface area contributed by atoms with Gasteiger partial charge in [0.05, 0.1) is 0 Å². The first-order chi connectivity index (χ1) is 10.9. The van der Waals surface area contributed by atoms with E-state index in [4.69, 9.17) is 23.2 Å². The highest BCUT2D eigenvalue weighted by atomic mass is 35.5. The van der Waals surface area contributed by atoms with Crippen LogP contribution in [0.15, 0.2) is 24.3 Å². The fourth-order valence-electron chi connectivity index (χ4n) is 2.82. The lowest BCUT2D eigenvalue weighted by molar-refractivity contribution is 0.868. The molecule has 118 valence electrons. The summed E-state index contributed by atoms with van der Waals surface area (Å²) < 4.78 is 0. The van der Waals surface area contributed by atoms with E-state index in [1.54, 1.807) is 0 Å². The summed E-state index contributed by atoms with van der Waals surface area (Å²) in [6.07, 6.45) is 0. The molecule has 1 aromatic rings. The van der Waals surface area contributed by atoms with Gasteiger partial charge in [0, 0.05) is 5.56 Å². The quantitative estimate of drug-likeness (QED) is 0.598. The van der Waals surface area contributed by atoms with Gasteiger partial charge in [0.2, 0.25) is 10.6 Å². The Morgan fingerprint density at radius 1 is 0.826 bits per heavy atom. The first-order valence-electron chi connectivity index (χ1n) is 7.48. The largest absolute Gasteiger partial charge is 0.227 e. The molecule has 0 N–H and O–H groups in total. The summed E-state index contributed by atoms with van der Waals surface area (Å²) in [6.45, 7) is 8.59. The molecule has 2 aliphatic carbocycles. The number of halogens is 2. The first kappa shape index (κ1) is 16.2. The maximum Gasteiger partial charge on any atom is 0.227 e. The molecule has 1 heterocycles. The molecule has 0 bridgehead atoms. The van der Waals surface area contributed by atoms with E-state index in [0.717, 1.165) is 11.1 Å². The summed E-state index contributed by atoms with van der Waals surface area (Å²) >= 11 is 11.9. The molecular formula is C18H17Cl2N3. The molecule has 0 atom stereocenters. The zero-order valence-corrected chi connectivity index (χ0v) is 15.0. The summed E-state index contributed by atoms with van der Waals surface area (Å²) in [6, 6.07) is 8.65. The molecule has 5 heteroatoms. The summed E-state index contributed by atoms with van der Waals surface area (Å²) in [4.78, 5) is 12.3. The minimum Gasteiger partial charge on any atom is -0.198 e. The normalized spacial score (nSPS) is 11.4. The molecule has 2 aliphatic rings. The second-order valence-corrected chi connectivity index (χ2v) is 6.72. The minimum absolute atomic E-state index is 0.104. The Balaban J connectivity index is 2.30. The Kier molecular flexibility index (Phi) is 4.26. The summed E-state index contributed by atoms with van der Waals surface area (Å²) in [5.41, 5.74) is 6.93. The average Bonchev–Trinajstić information content (AvgIpc) is 2.67. The molecule has 3 rings (SSSR count). The van der Waals surface area contributed by atoms with Crippen LogP contribution in [0.2, 0.25) is 10.6 Å². The topological polar surface area (TPSA) is 38.7 Å². The van der Waals surface area contributed by atoms with Gasteiger partial charge in [-0.15, -0.1) is 0 Å². The smallest absolute Gasteiger partial charge is 0.198 e. The number of hydrogen-bond donors (Lipinski definition) is 0. The molecule has 3 nitrogen and oxygen atoms in total. The van der Waals surface area contributed by atoms with Gasteiger partial charge in [-0.25, -0.2) is 0 Å². The number of hydrogen-bond acceptors (Lipinski definition) is 3. The lowest BCUT2D eigenvalue weighted by Crippen LogP contribution is -1.94. The Morgan fingerprint density at radius 3 is 2.09 bits per heavy atom. The van der Waals surface area contributed by atoms with Gasteiger partial charge in [0.25, 0.3) is 0 Å². The van der Waals surface area contributed by atoms with Crippen LogP contribution < -0.4 is 0 Å². The SMILES string of the molecule is Cc1cc(-c2nc(Cl)nc(Cl)n2)c2c(C)ccc(C(C)C)cc1-2. The van der Waals surface area contributed by atoms with Crippen LogP contribution in [0.4, 0.5) is 0 Å². The fourth-order valence-corrected chi connectivity index (χ4v) is 3.18. The van der Waals surface area contributed by atoms with Crippen LogP contribution in [0.3, 0.4) is 0 Å². The van der Waals surface area contributed by atoms with Crippen LogP contribution in [0, 0.1) is 13.8 Å². The Morgan fingerprint density at radius 2 is 1.48 bits per heavy atom. The third-order valence-electron chi connectivity index (χ3n) is 4.04. The molecule has 0 fully saturated rings. The van der Waals surface area contributed by atoms with Crippen LogP contribution in [-0.2, 0) is 0 Å². The number of nitrogens with zero attached hydrogens (tertiary/aromatic N) is 3. The summed E-state index contributed by atoms with van der Waals surface area (Å²) in [5, 5.41) is 0.209. The molecular weight excluding hydrogens is 329 g/mol. The Labute approximate surface area is 146 Å². The van der Waals surface area contributed by atoms with E-state index in [2.05, 4.69) is 66.9 Å². The number of rotatable bonds is 2. The van der Waals surface area contributed by atoms with Gasteiger partial charge in [-0.2, -0.15) is 15.0 Å². The molecule has 0 radical (unpaired) electrons. The van der Waals surface area contributed by atoms with Gasteiger partial charge in [-0.1, -0.05) is 32.0 Å². The minimum atomic E-state index is 0.104. The maximum absolute atomic E-state index is 5.94. The van der Waals surface area contributed by atoms with Crippen molar-refractivity contribution in [3.8, 4) is 22.5 Å². The van der Waals surface area contributed by atoms with E-state index in [0.29, 0.717) is 11.7 Å². The molecule has 1 aromatic heterocycles. The van der Waals surface area contributed by atoms with Gasteiger partial charge in [0.15, 0.2) is 5.82 Å². The number of aryl methyl sites for hydroxylation is 2. The summed E-state index contributed by atoms with van der Waals surface area (Å²) in [7, 11) is 0. The number of aromatic nitrogens is 3. The van der Waals surface area contributed by atoms with Crippen molar-refractivity contribution in [1.82, 2.24) is 15.0 Å². The highest BCUT2D eigenvalue weighted by molar-refractivity contribution is 6.31. The van der Waals surface area contributed by atoms with Crippen molar-refractivity contribution in [3.63, 3.8) is 0 Å². The highest BCUT2D eigenvalue weighted by Crippen LogP contribution is 2.40. The van der Waals surface area contributed by atoms with Crippen molar-refractivity contribution in [2.45, 2.75) is 33.6 Å². The predicted octanol–water partition coefficient (Wildman–Crippen LogP) is 5.69. The van der Waals surface area contributed by atoms with E-state index in [9.17, 15) is 0 Å². The van der Waals surface area contributed by atoms with Crippen LogP contribution in [0.25, 0.3) is 22.5 Å². The first-order valence-corrected chi connectivity index (χ1v) is 8.23. The molecule has 0 aliphatic heterocycles. The monoisotopic (exact) mass is 345 g/mol. The molecule has 0 aromatic carbocycles. The predicted molar refractivity (Wildman–Crippen MR) is 95.5 cm³/mol. The second-order valence-electron chi connectivity index (χ2n) is 6.04. The Hall–Kier alpha value is -1.71. The lowest BCUT2D eigenvalue weighted by atomic mass is 10.0. The van der Waals surface area contributed by atoms with Crippen molar-refractivity contribution in [1.29, 1.82) is 0 Å². The van der Waals surface area contributed by atoms with Crippen LogP contribution in [-0.4, -0.2) is 15.0 Å². The highest BCUT2D eigenvalue weighted by Gasteiger charge is 2.20. The molecule has 0 saturated carbocycles. The van der Waals surface area contributed by atoms with Crippen molar-refractivity contribution in [2.24, 2.45) is 0 Å². The maximum atomic E-state index is 5.94. The van der Waals surface area contributed by atoms with Crippen LogP contribution >= 0.6 is 23.2 Å². The molecule has 0 amide bonds. The van der Waals surface area contributed by atoms with Crippen molar-refractivity contribution in [2.75, 3.05) is 0 Å². The van der Waals surface area contributed by atoms with Crippen molar-refractivity contribution in [3.05, 3.63) is 51.5 Å². The zero-order valence-electron chi connectivity index (χ0n) is 13.5. The van der Waals surface area contributed by atoms with E-state index >= 15 is 0 Å². The molecule has 23 heavy (non-hydrogen) atoms.